The fraction of sp³-hybridized carbons (Fsp3) is 0.357. The highest BCUT2D eigenvalue weighted by Crippen LogP contribution is 2.21. The number of nitrogens with one attached hydrogen (secondary N) is 2. The van der Waals surface area contributed by atoms with E-state index in [4.69, 9.17) is 5.11 Å². The van der Waals surface area contributed by atoms with Gasteiger partial charge in [0.15, 0.2) is 0 Å². The van der Waals surface area contributed by atoms with Crippen molar-refractivity contribution in [2.24, 2.45) is 0 Å². The van der Waals surface area contributed by atoms with Crippen LogP contribution < -0.4 is 10.6 Å². The predicted octanol–water partition coefficient (Wildman–Crippen LogP) is 1.01. The molecule has 0 spiro atoms. The lowest BCUT2D eigenvalue weighted by atomic mass is 10.2. The van der Waals surface area contributed by atoms with Crippen LogP contribution >= 0.6 is 11.8 Å². The Labute approximate surface area is 126 Å². The van der Waals surface area contributed by atoms with E-state index in [0.717, 1.165) is 5.56 Å². The molecule has 2 amide bonds. The van der Waals surface area contributed by atoms with Crippen LogP contribution in [0.1, 0.15) is 12.0 Å². The Bertz CT molecular complexity index is 559. The van der Waals surface area contributed by atoms with Gasteiger partial charge < -0.3 is 15.7 Å². The average molecular weight is 308 g/mol. The van der Waals surface area contributed by atoms with Crippen LogP contribution in [0, 0.1) is 6.92 Å². The molecule has 1 aromatic carbocycles. The number of amides is 2. The molecule has 1 heterocycles. The molecule has 3 N–H and O–H groups in total. The van der Waals surface area contributed by atoms with Crippen LogP contribution in [0.3, 0.4) is 0 Å². The zero-order valence-electron chi connectivity index (χ0n) is 11.5. The maximum atomic E-state index is 11.9. The summed E-state index contributed by atoms with van der Waals surface area (Å²) in [6.07, 6.45) is 0.0245. The first-order chi connectivity index (χ1) is 9.95. The number of benzene rings is 1. The Hall–Kier alpha value is -2.02. The van der Waals surface area contributed by atoms with Crippen molar-refractivity contribution in [1.29, 1.82) is 0 Å². The normalized spacial score (nSPS) is 21.5. The van der Waals surface area contributed by atoms with Gasteiger partial charge in [-0.05, 0) is 19.1 Å². The summed E-state index contributed by atoms with van der Waals surface area (Å²) in [6, 6.07) is 6.48. The lowest BCUT2D eigenvalue weighted by Crippen LogP contribution is -2.51. The smallest absolute Gasteiger partial charge is 0.327 e. The lowest BCUT2D eigenvalue weighted by molar-refractivity contribution is -0.141. The third-order valence-electron chi connectivity index (χ3n) is 3.08. The number of anilines is 1. The van der Waals surface area contributed by atoms with Crippen molar-refractivity contribution in [3.63, 3.8) is 0 Å². The molecule has 21 heavy (non-hydrogen) atoms. The molecule has 0 bridgehead atoms. The Morgan fingerprint density at radius 3 is 2.62 bits per heavy atom. The molecule has 1 fully saturated rings. The Kier molecular flexibility index (Phi) is 4.85. The van der Waals surface area contributed by atoms with Crippen LogP contribution in [0.25, 0.3) is 0 Å². The van der Waals surface area contributed by atoms with Gasteiger partial charge in [0.2, 0.25) is 11.8 Å². The minimum absolute atomic E-state index is 0.0245. The van der Waals surface area contributed by atoms with Crippen LogP contribution in [0.5, 0.6) is 0 Å². The zero-order chi connectivity index (χ0) is 15.4. The van der Waals surface area contributed by atoms with E-state index < -0.39 is 23.2 Å². The number of carboxylic acids is 1. The minimum Gasteiger partial charge on any atom is -0.480 e. The standard InChI is InChI=1S/C14H16N2O4S/c1-8-2-4-9(5-3-8)15-12(17)6-11-13(18)16-10(7-21-11)14(19)20/h2-5,10-11H,6-7H2,1H3,(H,15,17)(H,16,18)(H,19,20)/t10-,11+/m0/s1. The average Bonchev–Trinajstić information content (AvgIpc) is 2.43. The number of hydrogen-bond donors (Lipinski definition) is 3. The highest BCUT2D eigenvalue weighted by atomic mass is 32.2. The fourth-order valence-electron chi connectivity index (χ4n) is 1.90. The molecule has 7 heteroatoms. The Morgan fingerprint density at radius 1 is 1.38 bits per heavy atom. The van der Waals surface area contributed by atoms with Crippen LogP contribution in [0.4, 0.5) is 5.69 Å². The molecule has 0 radical (unpaired) electrons. The summed E-state index contributed by atoms with van der Waals surface area (Å²) in [5.41, 5.74) is 1.77. The van der Waals surface area contributed by atoms with Crippen molar-refractivity contribution in [2.75, 3.05) is 11.1 Å². The van der Waals surface area contributed by atoms with E-state index in [0.29, 0.717) is 5.69 Å². The molecular weight excluding hydrogens is 292 g/mol. The van der Waals surface area contributed by atoms with Gasteiger partial charge in [-0.25, -0.2) is 4.79 Å². The van der Waals surface area contributed by atoms with E-state index in [1.807, 2.05) is 19.1 Å². The molecule has 2 atom stereocenters. The highest BCUT2D eigenvalue weighted by molar-refractivity contribution is 8.00. The van der Waals surface area contributed by atoms with Crippen molar-refractivity contribution in [3.05, 3.63) is 29.8 Å². The van der Waals surface area contributed by atoms with E-state index in [9.17, 15) is 14.4 Å². The first kappa shape index (κ1) is 15.4. The van der Waals surface area contributed by atoms with E-state index in [1.165, 1.54) is 11.8 Å². The number of carbonyl (C=O) groups excluding carboxylic acids is 2. The first-order valence-electron chi connectivity index (χ1n) is 6.47. The number of carbonyl (C=O) groups is 3. The molecule has 0 unspecified atom stereocenters. The van der Waals surface area contributed by atoms with Gasteiger partial charge in [0.05, 0.1) is 5.25 Å². The number of carboxylic acid groups (broad SMARTS) is 1. The van der Waals surface area contributed by atoms with Crippen molar-refractivity contribution in [3.8, 4) is 0 Å². The lowest BCUT2D eigenvalue weighted by Gasteiger charge is -2.25. The first-order valence-corrected chi connectivity index (χ1v) is 7.52. The summed E-state index contributed by atoms with van der Waals surface area (Å²) in [4.78, 5) is 34.5. The summed E-state index contributed by atoms with van der Waals surface area (Å²) in [5, 5.41) is 13.4. The number of rotatable bonds is 4. The summed E-state index contributed by atoms with van der Waals surface area (Å²) in [5.74, 6) is -1.46. The van der Waals surface area contributed by atoms with Crippen LogP contribution in [0.2, 0.25) is 0 Å². The van der Waals surface area contributed by atoms with Crippen molar-refractivity contribution in [1.82, 2.24) is 5.32 Å². The van der Waals surface area contributed by atoms with E-state index in [-0.39, 0.29) is 18.1 Å². The molecule has 1 aliphatic heterocycles. The van der Waals surface area contributed by atoms with Gasteiger partial charge >= 0.3 is 5.97 Å². The Balaban J connectivity index is 1.87. The summed E-state index contributed by atoms with van der Waals surface area (Å²) < 4.78 is 0. The molecule has 0 aliphatic carbocycles. The molecule has 1 aromatic rings. The van der Waals surface area contributed by atoms with Crippen LogP contribution in [0.15, 0.2) is 24.3 Å². The number of aryl methyl sites for hydroxylation is 1. The topological polar surface area (TPSA) is 95.5 Å². The molecule has 2 rings (SSSR count). The molecule has 0 aromatic heterocycles. The van der Waals surface area contributed by atoms with E-state index in [2.05, 4.69) is 10.6 Å². The second-order valence-electron chi connectivity index (χ2n) is 4.84. The SMILES string of the molecule is Cc1ccc(NC(=O)C[C@H]2SC[C@@H](C(=O)O)NC2=O)cc1. The van der Waals surface area contributed by atoms with Gasteiger partial charge in [-0.3, -0.25) is 9.59 Å². The second-order valence-corrected chi connectivity index (χ2v) is 6.08. The van der Waals surface area contributed by atoms with Gasteiger partial charge in [0.1, 0.15) is 6.04 Å². The van der Waals surface area contributed by atoms with Crippen molar-refractivity contribution >= 4 is 35.2 Å². The Morgan fingerprint density at radius 2 is 2.05 bits per heavy atom. The van der Waals surface area contributed by atoms with Gasteiger partial charge in [-0.15, -0.1) is 11.8 Å². The predicted molar refractivity (Wildman–Crippen MR) is 80.2 cm³/mol. The highest BCUT2D eigenvalue weighted by Gasteiger charge is 2.33. The van der Waals surface area contributed by atoms with Gasteiger partial charge in [0.25, 0.3) is 0 Å². The second kappa shape index (κ2) is 6.62. The monoisotopic (exact) mass is 308 g/mol. The molecular formula is C14H16N2O4S. The largest absolute Gasteiger partial charge is 0.480 e. The molecule has 0 saturated carbocycles. The van der Waals surface area contributed by atoms with Crippen molar-refractivity contribution < 1.29 is 19.5 Å². The maximum absolute atomic E-state index is 11.9. The summed E-state index contributed by atoms with van der Waals surface area (Å²) >= 11 is 1.20. The number of aliphatic carboxylic acids is 1. The third kappa shape index (κ3) is 4.22. The number of hydrogen-bond acceptors (Lipinski definition) is 4. The molecule has 112 valence electrons. The van der Waals surface area contributed by atoms with Crippen LogP contribution in [-0.4, -0.2) is 39.9 Å². The third-order valence-corrected chi connectivity index (χ3v) is 4.39. The minimum atomic E-state index is -1.06. The van der Waals surface area contributed by atoms with E-state index in [1.54, 1.807) is 12.1 Å². The van der Waals surface area contributed by atoms with Crippen molar-refractivity contribution in [2.45, 2.75) is 24.6 Å². The van der Waals surface area contributed by atoms with Gasteiger partial charge in [0, 0.05) is 17.9 Å². The molecule has 1 saturated heterocycles. The number of thioether (sulfide) groups is 1. The van der Waals surface area contributed by atoms with E-state index >= 15 is 0 Å². The molecule has 1 aliphatic rings. The summed E-state index contributed by atoms with van der Waals surface area (Å²) in [6.45, 7) is 1.95. The van der Waals surface area contributed by atoms with Crippen LogP contribution in [-0.2, 0) is 14.4 Å². The van der Waals surface area contributed by atoms with Gasteiger partial charge in [-0.1, -0.05) is 17.7 Å². The van der Waals surface area contributed by atoms with Gasteiger partial charge in [-0.2, -0.15) is 0 Å². The fourth-order valence-corrected chi connectivity index (χ4v) is 3.04. The zero-order valence-corrected chi connectivity index (χ0v) is 12.3. The quantitative estimate of drug-likeness (QED) is 0.771. The summed E-state index contributed by atoms with van der Waals surface area (Å²) in [7, 11) is 0. The molecule has 6 nitrogen and oxygen atoms in total. The maximum Gasteiger partial charge on any atom is 0.327 e.